The molecule has 0 fully saturated rings. The Morgan fingerprint density at radius 2 is 1.76 bits per heavy atom. The molecule has 1 rings (SSSR count). The van der Waals surface area contributed by atoms with Crippen molar-refractivity contribution < 1.29 is 4.74 Å². The standard InChI is InChI=1S/C15H25NO/c1-6-17-15(4,5)11-16-10-14-12(2)8-7-9-13(14)3/h7-9,16H,6,10-11H2,1-5H3. The summed E-state index contributed by atoms with van der Waals surface area (Å²) in [5, 5.41) is 3.48. The number of nitrogens with one attached hydrogen (secondary N) is 1. The van der Waals surface area contributed by atoms with Crippen molar-refractivity contribution >= 4 is 0 Å². The van der Waals surface area contributed by atoms with E-state index < -0.39 is 0 Å². The van der Waals surface area contributed by atoms with Crippen LogP contribution in [0.25, 0.3) is 0 Å². The third-order valence-corrected chi connectivity index (χ3v) is 3.03. The molecular weight excluding hydrogens is 210 g/mol. The summed E-state index contributed by atoms with van der Waals surface area (Å²) < 4.78 is 5.67. The van der Waals surface area contributed by atoms with Crippen molar-refractivity contribution in [2.45, 2.75) is 46.8 Å². The Bertz CT molecular complexity index is 338. The molecule has 1 N–H and O–H groups in total. The van der Waals surface area contributed by atoms with Gasteiger partial charge < -0.3 is 10.1 Å². The van der Waals surface area contributed by atoms with Crippen molar-refractivity contribution in [2.24, 2.45) is 0 Å². The zero-order valence-corrected chi connectivity index (χ0v) is 11.8. The molecule has 2 heteroatoms. The maximum Gasteiger partial charge on any atom is 0.0750 e. The molecule has 0 atom stereocenters. The van der Waals surface area contributed by atoms with E-state index in [1.54, 1.807) is 0 Å². The topological polar surface area (TPSA) is 21.3 Å². The van der Waals surface area contributed by atoms with Gasteiger partial charge in [0, 0.05) is 19.7 Å². The van der Waals surface area contributed by atoms with E-state index in [2.05, 4.69) is 51.2 Å². The van der Waals surface area contributed by atoms with Crippen LogP contribution in [0.3, 0.4) is 0 Å². The van der Waals surface area contributed by atoms with Gasteiger partial charge in [-0.2, -0.15) is 0 Å². The first-order valence-electron chi connectivity index (χ1n) is 6.36. The van der Waals surface area contributed by atoms with E-state index in [4.69, 9.17) is 4.74 Å². The Morgan fingerprint density at radius 1 is 1.18 bits per heavy atom. The lowest BCUT2D eigenvalue weighted by atomic mass is 10.0. The predicted molar refractivity (Wildman–Crippen MR) is 73.3 cm³/mol. The highest BCUT2D eigenvalue weighted by Gasteiger charge is 2.16. The van der Waals surface area contributed by atoms with Crippen LogP contribution >= 0.6 is 0 Å². The monoisotopic (exact) mass is 235 g/mol. The van der Waals surface area contributed by atoms with Crippen LogP contribution in [0.2, 0.25) is 0 Å². The van der Waals surface area contributed by atoms with Crippen molar-refractivity contribution in [1.82, 2.24) is 5.32 Å². The molecule has 0 saturated carbocycles. The summed E-state index contributed by atoms with van der Waals surface area (Å²) in [5.74, 6) is 0. The Morgan fingerprint density at radius 3 is 2.29 bits per heavy atom. The molecule has 1 aromatic rings. The predicted octanol–water partition coefficient (Wildman–Crippen LogP) is 3.21. The summed E-state index contributed by atoms with van der Waals surface area (Å²) >= 11 is 0. The number of hydrogen-bond donors (Lipinski definition) is 1. The summed E-state index contributed by atoms with van der Waals surface area (Å²) in [6.07, 6.45) is 0. The fourth-order valence-electron chi connectivity index (χ4n) is 2.06. The minimum absolute atomic E-state index is 0.0919. The number of rotatable bonds is 6. The molecule has 0 amide bonds. The molecule has 0 radical (unpaired) electrons. The van der Waals surface area contributed by atoms with Crippen LogP contribution in [0.5, 0.6) is 0 Å². The van der Waals surface area contributed by atoms with Crippen LogP contribution in [-0.4, -0.2) is 18.8 Å². The van der Waals surface area contributed by atoms with Gasteiger partial charge in [0.15, 0.2) is 0 Å². The van der Waals surface area contributed by atoms with Crippen molar-refractivity contribution in [3.05, 3.63) is 34.9 Å². The van der Waals surface area contributed by atoms with E-state index >= 15 is 0 Å². The van der Waals surface area contributed by atoms with Gasteiger partial charge in [0.05, 0.1) is 5.60 Å². The largest absolute Gasteiger partial charge is 0.375 e. The molecule has 2 nitrogen and oxygen atoms in total. The van der Waals surface area contributed by atoms with Crippen LogP contribution in [0.15, 0.2) is 18.2 Å². The molecule has 0 aliphatic rings. The van der Waals surface area contributed by atoms with Gasteiger partial charge in [-0.05, 0) is 51.3 Å². The highest BCUT2D eigenvalue weighted by Crippen LogP contribution is 2.13. The maximum absolute atomic E-state index is 5.67. The second kappa shape index (κ2) is 6.18. The van der Waals surface area contributed by atoms with E-state index in [-0.39, 0.29) is 5.60 Å². The quantitative estimate of drug-likeness (QED) is 0.817. The van der Waals surface area contributed by atoms with Gasteiger partial charge in [0.1, 0.15) is 0 Å². The molecule has 0 aromatic heterocycles. The van der Waals surface area contributed by atoms with Gasteiger partial charge in [-0.15, -0.1) is 0 Å². The highest BCUT2D eigenvalue weighted by molar-refractivity contribution is 5.33. The van der Waals surface area contributed by atoms with Crippen molar-refractivity contribution in [3.8, 4) is 0 Å². The summed E-state index contributed by atoms with van der Waals surface area (Å²) in [6, 6.07) is 6.44. The van der Waals surface area contributed by atoms with E-state index in [0.29, 0.717) is 0 Å². The third-order valence-electron chi connectivity index (χ3n) is 3.03. The average molecular weight is 235 g/mol. The molecule has 0 saturated heterocycles. The molecule has 17 heavy (non-hydrogen) atoms. The second-order valence-electron chi connectivity index (χ2n) is 5.17. The van der Waals surface area contributed by atoms with Crippen LogP contribution in [0.1, 0.15) is 37.5 Å². The summed E-state index contributed by atoms with van der Waals surface area (Å²) in [4.78, 5) is 0. The average Bonchev–Trinajstić information content (AvgIpc) is 2.22. The van der Waals surface area contributed by atoms with Crippen molar-refractivity contribution in [2.75, 3.05) is 13.2 Å². The molecule has 1 aromatic carbocycles. The van der Waals surface area contributed by atoms with E-state index in [1.807, 2.05) is 6.92 Å². The zero-order valence-electron chi connectivity index (χ0n) is 11.8. The molecular formula is C15H25NO. The van der Waals surface area contributed by atoms with Gasteiger partial charge >= 0.3 is 0 Å². The van der Waals surface area contributed by atoms with E-state index in [0.717, 1.165) is 19.7 Å². The summed E-state index contributed by atoms with van der Waals surface area (Å²) in [6.45, 7) is 13.1. The Kier molecular flexibility index (Phi) is 5.16. The Hall–Kier alpha value is -0.860. The third kappa shape index (κ3) is 4.49. The summed E-state index contributed by atoms with van der Waals surface area (Å²) in [5.41, 5.74) is 4.02. The van der Waals surface area contributed by atoms with Crippen LogP contribution in [-0.2, 0) is 11.3 Å². The molecule has 0 spiro atoms. The van der Waals surface area contributed by atoms with E-state index in [1.165, 1.54) is 16.7 Å². The lowest BCUT2D eigenvalue weighted by Gasteiger charge is -2.25. The molecule has 96 valence electrons. The second-order valence-corrected chi connectivity index (χ2v) is 5.17. The lowest BCUT2D eigenvalue weighted by Crippen LogP contribution is -2.37. The molecule has 0 aliphatic heterocycles. The fourth-order valence-corrected chi connectivity index (χ4v) is 2.06. The molecule has 0 aliphatic carbocycles. The van der Waals surface area contributed by atoms with Gasteiger partial charge in [-0.1, -0.05) is 18.2 Å². The van der Waals surface area contributed by atoms with Gasteiger partial charge in [-0.25, -0.2) is 0 Å². The first kappa shape index (κ1) is 14.2. The summed E-state index contributed by atoms with van der Waals surface area (Å²) in [7, 11) is 0. The zero-order chi connectivity index (χ0) is 12.9. The Balaban J connectivity index is 2.51. The van der Waals surface area contributed by atoms with Crippen LogP contribution in [0, 0.1) is 13.8 Å². The minimum atomic E-state index is -0.0919. The highest BCUT2D eigenvalue weighted by atomic mass is 16.5. The smallest absolute Gasteiger partial charge is 0.0750 e. The number of ether oxygens (including phenoxy) is 1. The SMILES string of the molecule is CCOC(C)(C)CNCc1c(C)cccc1C. The van der Waals surface area contributed by atoms with Gasteiger partial charge in [-0.3, -0.25) is 0 Å². The number of hydrogen-bond acceptors (Lipinski definition) is 2. The number of aryl methyl sites for hydroxylation is 2. The van der Waals surface area contributed by atoms with Gasteiger partial charge in [0.25, 0.3) is 0 Å². The molecule has 0 heterocycles. The van der Waals surface area contributed by atoms with Crippen LogP contribution < -0.4 is 5.32 Å². The maximum atomic E-state index is 5.67. The first-order chi connectivity index (χ1) is 7.96. The number of benzene rings is 1. The van der Waals surface area contributed by atoms with E-state index in [9.17, 15) is 0 Å². The molecule has 0 bridgehead atoms. The van der Waals surface area contributed by atoms with Crippen molar-refractivity contribution in [1.29, 1.82) is 0 Å². The van der Waals surface area contributed by atoms with Gasteiger partial charge in [0.2, 0.25) is 0 Å². The van der Waals surface area contributed by atoms with Crippen molar-refractivity contribution in [3.63, 3.8) is 0 Å². The Labute approximate surface area is 105 Å². The first-order valence-corrected chi connectivity index (χ1v) is 6.36. The lowest BCUT2D eigenvalue weighted by molar-refractivity contribution is -0.00899. The molecule has 0 unspecified atom stereocenters. The van der Waals surface area contributed by atoms with Crippen LogP contribution in [0.4, 0.5) is 0 Å². The normalized spacial score (nSPS) is 11.8. The fraction of sp³-hybridized carbons (Fsp3) is 0.600. The minimum Gasteiger partial charge on any atom is -0.375 e.